The molecule has 0 fully saturated rings. The van der Waals surface area contributed by atoms with Crippen molar-refractivity contribution in [1.29, 1.82) is 0 Å². The van der Waals surface area contributed by atoms with Crippen LogP contribution in [0, 0.1) is 12.7 Å². The van der Waals surface area contributed by atoms with E-state index in [0.29, 0.717) is 36.5 Å². The van der Waals surface area contributed by atoms with Gasteiger partial charge in [0.05, 0.1) is 0 Å². The number of hydrogen-bond acceptors (Lipinski definition) is 5. The fraction of sp³-hybridized carbons (Fsp3) is 0.238. The average molecular weight is 412 g/mol. The molecule has 2 aromatic carbocycles. The Morgan fingerprint density at radius 3 is 2.72 bits per heavy atom. The largest absolute Gasteiger partial charge is 0.352 e. The van der Waals surface area contributed by atoms with Crippen LogP contribution in [-0.4, -0.2) is 22.0 Å². The minimum absolute atomic E-state index is 0.0261. The van der Waals surface area contributed by atoms with Crippen LogP contribution in [0.3, 0.4) is 0 Å². The van der Waals surface area contributed by atoms with E-state index in [9.17, 15) is 14.0 Å². The molecule has 0 atom stereocenters. The molecule has 0 aliphatic carbocycles. The summed E-state index contributed by atoms with van der Waals surface area (Å²) >= 11 is 1.17. The van der Waals surface area contributed by atoms with Crippen LogP contribution in [0.5, 0.6) is 0 Å². The lowest BCUT2D eigenvalue weighted by Crippen LogP contribution is -2.22. The van der Waals surface area contributed by atoms with Gasteiger partial charge in [-0.25, -0.2) is 4.39 Å². The second kappa shape index (κ2) is 9.88. The van der Waals surface area contributed by atoms with Crippen molar-refractivity contribution in [2.75, 3.05) is 5.32 Å². The zero-order valence-electron chi connectivity index (χ0n) is 15.9. The summed E-state index contributed by atoms with van der Waals surface area (Å²) < 4.78 is 13.2. The number of halogens is 1. The molecule has 2 N–H and O–H groups in total. The first-order valence-electron chi connectivity index (χ1n) is 9.22. The summed E-state index contributed by atoms with van der Waals surface area (Å²) in [5.41, 5.74) is 2.60. The van der Waals surface area contributed by atoms with Gasteiger partial charge >= 0.3 is 0 Å². The molecular weight excluding hydrogens is 391 g/mol. The van der Waals surface area contributed by atoms with Crippen LogP contribution < -0.4 is 10.6 Å². The topological polar surface area (TPSA) is 84.0 Å². The van der Waals surface area contributed by atoms with Crippen LogP contribution >= 0.6 is 11.3 Å². The number of anilines is 1. The predicted molar refractivity (Wildman–Crippen MR) is 110 cm³/mol. The SMILES string of the molecule is Cc1ccccc1CNC(=O)CCCc1nnc(C(=O)Nc2cccc(F)c2)s1. The number of carbonyl (C=O) groups excluding carboxylic acids is 2. The molecule has 0 saturated heterocycles. The first-order chi connectivity index (χ1) is 14.0. The molecule has 29 heavy (non-hydrogen) atoms. The van der Waals surface area contributed by atoms with E-state index >= 15 is 0 Å². The molecule has 0 unspecified atom stereocenters. The van der Waals surface area contributed by atoms with Gasteiger partial charge in [-0.1, -0.05) is 41.7 Å². The highest BCUT2D eigenvalue weighted by Crippen LogP contribution is 2.16. The van der Waals surface area contributed by atoms with Gasteiger partial charge in [0, 0.05) is 25.1 Å². The smallest absolute Gasteiger partial charge is 0.286 e. The molecule has 0 aliphatic rings. The maximum Gasteiger partial charge on any atom is 0.286 e. The number of rotatable bonds is 8. The van der Waals surface area contributed by atoms with E-state index in [0.717, 1.165) is 11.1 Å². The quantitative estimate of drug-likeness (QED) is 0.588. The van der Waals surface area contributed by atoms with Crippen LogP contribution in [0.4, 0.5) is 10.1 Å². The molecule has 0 bridgehead atoms. The Kier molecular flexibility index (Phi) is 7.02. The number of nitrogens with zero attached hydrogens (tertiary/aromatic N) is 2. The zero-order valence-corrected chi connectivity index (χ0v) is 16.8. The summed E-state index contributed by atoms with van der Waals surface area (Å²) in [5, 5.41) is 14.3. The Bertz CT molecular complexity index is 1010. The number of nitrogens with one attached hydrogen (secondary N) is 2. The normalized spacial score (nSPS) is 10.6. The van der Waals surface area contributed by atoms with Gasteiger partial charge in [-0.3, -0.25) is 9.59 Å². The second-order valence-corrected chi connectivity index (χ2v) is 7.58. The Morgan fingerprint density at radius 1 is 1.10 bits per heavy atom. The molecule has 3 rings (SSSR count). The summed E-state index contributed by atoms with van der Waals surface area (Å²) in [7, 11) is 0. The lowest BCUT2D eigenvalue weighted by molar-refractivity contribution is -0.121. The van der Waals surface area contributed by atoms with Crippen molar-refractivity contribution in [3.63, 3.8) is 0 Å². The highest BCUT2D eigenvalue weighted by atomic mass is 32.1. The van der Waals surface area contributed by atoms with Crippen molar-refractivity contribution >= 4 is 28.8 Å². The Hall–Kier alpha value is -3.13. The first-order valence-corrected chi connectivity index (χ1v) is 10.0. The van der Waals surface area contributed by atoms with E-state index in [4.69, 9.17) is 0 Å². The van der Waals surface area contributed by atoms with Gasteiger partial charge in [-0.2, -0.15) is 0 Å². The van der Waals surface area contributed by atoms with Gasteiger partial charge in [0.15, 0.2) is 0 Å². The van der Waals surface area contributed by atoms with E-state index < -0.39 is 11.7 Å². The fourth-order valence-corrected chi connectivity index (χ4v) is 3.46. The van der Waals surface area contributed by atoms with Crippen molar-refractivity contribution in [1.82, 2.24) is 15.5 Å². The van der Waals surface area contributed by atoms with Gasteiger partial charge in [-0.05, 0) is 42.7 Å². The van der Waals surface area contributed by atoms with Crippen molar-refractivity contribution in [3.8, 4) is 0 Å². The van der Waals surface area contributed by atoms with E-state index in [1.54, 1.807) is 6.07 Å². The van der Waals surface area contributed by atoms with E-state index in [1.807, 2.05) is 31.2 Å². The van der Waals surface area contributed by atoms with E-state index in [-0.39, 0.29) is 10.9 Å². The van der Waals surface area contributed by atoms with Crippen LogP contribution in [0.15, 0.2) is 48.5 Å². The van der Waals surface area contributed by atoms with Crippen molar-refractivity contribution in [2.45, 2.75) is 32.7 Å². The molecule has 2 amide bonds. The third-order valence-electron chi connectivity index (χ3n) is 4.28. The summed E-state index contributed by atoms with van der Waals surface area (Å²) in [6.45, 7) is 2.52. The molecule has 150 valence electrons. The van der Waals surface area contributed by atoms with E-state index in [1.165, 1.54) is 29.5 Å². The summed E-state index contributed by atoms with van der Waals surface area (Å²) in [5.74, 6) is -0.890. The Labute approximate surface area is 172 Å². The summed E-state index contributed by atoms with van der Waals surface area (Å²) in [6.07, 6.45) is 1.54. The van der Waals surface area contributed by atoms with Gasteiger partial charge < -0.3 is 10.6 Å². The molecule has 3 aromatic rings. The van der Waals surface area contributed by atoms with Gasteiger partial charge in [0.1, 0.15) is 10.8 Å². The van der Waals surface area contributed by atoms with Gasteiger partial charge in [0.25, 0.3) is 5.91 Å². The molecule has 0 saturated carbocycles. The Morgan fingerprint density at radius 2 is 1.93 bits per heavy atom. The standard InChI is InChI=1S/C21H21FN4O2S/c1-14-6-2-3-7-15(14)13-23-18(27)10-5-11-19-25-26-21(29-19)20(28)24-17-9-4-8-16(22)12-17/h2-4,6-9,12H,5,10-11,13H2,1H3,(H,23,27)(H,24,28). The third kappa shape index (κ3) is 6.18. The highest BCUT2D eigenvalue weighted by molar-refractivity contribution is 7.13. The molecule has 1 aromatic heterocycles. The molecule has 8 heteroatoms. The van der Waals surface area contributed by atoms with Crippen molar-refractivity contribution < 1.29 is 14.0 Å². The number of carbonyl (C=O) groups is 2. The number of aromatic nitrogens is 2. The summed E-state index contributed by atoms with van der Waals surface area (Å²) in [4.78, 5) is 24.2. The molecule has 0 spiro atoms. The minimum Gasteiger partial charge on any atom is -0.352 e. The van der Waals surface area contributed by atoms with Crippen LogP contribution in [0.25, 0.3) is 0 Å². The van der Waals surface area contributed by atoms with Gasteiger partial charge in [0.2, 0.25) is 10.9 Å². The molecular formula is C21H21FN4O2S. The number of benzene rings is 2. The number of hydrogen-bond donors (Lipinski definition) is 2. The average Bonchev–Trinajstić information content (AvgIpc) is 3.16. The molecule has 0 aliphatic heterocycles. The molecule has 1 heterocycles. The zero-order chi connectivity index (χ0) is 20.6. The maximum atomic E-state index is 13.2. The molecule has 6 nitrogen and oxygen atoms in total. The fourth-order valence-electron chi connectivity index (χ4n) is 2.69. The third-order valence-corrected chi connectivity index (χ3v) is 5.26. The van der Waals surface area contributed by atoms with Crippen molar-refractivity contribution in [3.05, 3.63) is 75.5 Å². The lowest BCUT2D eigenvalue weighted by atomic mass is 10.1. The highest BCUT2D eigenvalue weighted by Gasteiger charge is 2.14. The Balaban J connectivity index is 1.42. The second-order valence-electron chi connectivity index (χ2n) is 6.52. The predicted octanol–water partition coefficient (Wildman–Crippen LogP) is 3.88. The van der Waals surface area contributed by atoms with Crippen LogP contribution in [0.1, 0.15) is 38.8 Å². The van der Waals surface area contributed by atoms with Crippen LogP contribution in [-0.2, 0) is 17.8 Å². The first kappa shape index (κ1) is 20.6. The monoisotopic (exact) mass is 412 g/mol. The van der Waals surface area contributed by atoms with Crippen molar-refractivity contribution in [2.24, 2.45) is 0 Å². The van der Waals surface area contributed by atoms with Crippen LogP contribution in [0.2, 0.25) is 0 Å². The van der Waals surface area contributed by atoms with E-state index in [2.05, 4.69) is 20.8 Å². The number of amides is 2. The lowest BCUT2D eigenvalue weighted by Gasteiger charge is -2.07. The summed E-state index contributed by atoms with van der Waals surface area (Å²) in [6, 6.07) is 13.6. The van der Waals surface area contributed by atoms with Gasteiger partial charge in [-0.15, -0.1) is 10.2 Å². The molecule has 0 radical (unpaired) electrons. The minimum atomic E-state index is -0.435. The maximum absolute atomic E-state index is 13.2. The number of aryl methyl sites for hydroxylation is 2.